The van der Waals surface area contributed by atoms with Gasteiger partial charge in [0.05, 0.1) is 0 Å². The molecule has 0 bridgehead atoms. The lowest BCUT2D eigenvalue weighted by atomic mass is 10.2. The first-order chi connectivity index (χ1) is 6.72. The molecule has 0 saturated carbocycles. The number of carbonyl (C=O) groups is 1. The van der Waals surface area contributed by atoms with E-state index in [4.69, 9.17) is 17.1 Å². The molecule has 14 heavy (non-hydrogen) atoms. The largest absolute Gasteiger partial charge is 0.288 e. The summed E-state index contributed by atoms with van der Waals surface area (Å²) in [6.07, 6.45) is 2.72. The van der Waals surface area contributed by atoms with E-state index in [2.05, 4.69) is 10.0 Å². The van der Waals surface area contributed by atoms with Crippen LogP contribution >= 0.6 is 11.6 Å². The van der Waals surface area contributed by atoms with Crippen LogP contribution in [0.1, 0.15) is 5.56 Å². The van der Waals surface area contributed by atoms with Crippen molar-refractivity contribution in [2.24, 2.45) is 5.11 Å². The minimum absolute atomic E-state index is 0.586. The summed E-state index contributed by atoms with van der Waals surface area (Å²) in [5.74, 6) is -0.632. The molecule has 0 fully saturated rings. The van der Waals surface area contributed by atoms with Crippen molar-refractivity contribution in [1.29, 1.82) is 0 Å². The Labute approximate surface area is 85.4 Å². The normalized spacial score (nSPS) is 9.79. The highest BCUT2D eigenvalue weighted by Crippen LogP contribution is 2.11. The van der Waals surface area contributed by atoms with Crippen molar-refractivity contribution in [1.82, 2.24) is 0 Å². The Kier molecular flexibility index (Phi) is 3.73. The van der Waals surface area contributed by atoms with Crippen LogP contribution in [0.25, 0.3) is 16.5 Å². The second-order valence-electron chi connectivity index (χ2n) is 2.42. The third kappa shape index (κ3) is 3.31. The predicted molar refractivity (Wildman–Crippen MR) is 54.6 cm³/mol. The van der Waals surface area contributed by atoms with Crippen LogP contribution in [-0.2, 0) is 4.79 Å². The van der Waals surface area contributed by atoms with Crippen molar-refractivity contribution < 1.29 is 4.79 Å². The molecule has 0 N–H and O–H groups in total. The van der Waals surface area contributed by atoms with Crippen molar-refractivity contribution in [3.8, 4) is 0 Å². The topological polar surface area (TPSA) is 65.8 Å². The first kappa shape index (κ1) is 10.3. The Balaban J connectivity index is 2.78. The third-order valence-corrected chi connectivity index (χ3v) is 1.65. The van der Waals surface area contributed by atoms with Crippen LogP contribution in [0.2, 0.25) is 5.02 Å². The van der Waals surface area contributed by atoms with Gasteiger partial charge in [-0.15, -0.1) is 0 Å². The highest BCUT2D eigenvalue weighted by molar-refractivity contribution is 6.30. The molecule has 1 amide bonds. The molecule has 0 aliphatic carbocycles. The van der Waals surface area contributed by atoms with Crippen molar-refractivity contribution in [3.63, 3.8) is 0 Å². The van der Waals surface area contributed by atoms with Crippen molar-refractivity contribution >= 4 is 23.6 Å². The van der Waals surface area contributed by atoms with E-state index in [1.165, 1.54) is 12.2 Å². The van der Waals surface area contributed by atoms with Crippen molar-refractivity contribution in [2.45, 2.75) is 0 Å². The monoisotopic (exact) mass is 207 g/mol. The number of azide groups is 1. The fourth-order valence-electron chi connectivity index (χ4n) is 0.855. The number of amides is 1. The lowest BCUT2D eigenvalue weighted by Gasteiger charge is -1.92. The molecule has 0 aliphatic rings. The molecule has 70 valence electrons. The summed E-state index contributed by atoms with van der Waals surface area (Å²) in [6, 6.07) is 6.97. The average Bonchev–Trinajstić information content (AvgIpc) is 2.15. The summed E-state index contributed by atoms with van der Waals surface area (Å²) in [5.41, 5.74) is 8.74. The van der Waals surface area contributed by atoms with Gasteiger partial charge in [0.25, 0.3) is 0 Å². The number of hydrogen-bond acceptors (Lipinski definition) is 1. The van der Waals surface area contributed by atoms with Crippen LogP contribution in [0, 0.1) is 0 Å². The zero-order valence-electron chi connectivity index (χ0n) is 7.09. The molecule has 0 saturated heterocycles. The highest BCUT2D eigenvalue weighted by Gasteiger charge is 1.91. The maximum atomic E-state index is 10.8. The Morgan fingerprint density at radius 2 is 2.36 bits per heavy atom. The maximum Gasteiger partial charge on any atom is 0.242 e. The molecule has 1 aromatic rings. The van der Waals surface area contributed by atoms with E-state index >= 15 is 0 Å². The second-order valence-corrected chi connectivity index (χ2v) is 2.85. The molecule has 0 atom stereocenters. The molecule has 5 heteroatoms. The minimum atomic E-state index is -0.632. The molecule has 1 rings (SSSR count). The molecular weight excluding hydrogens is 202 g/mol. The van der Waals surface area contributed by atoms with Crippen LogP contribution in [0.4, 0.5) is 0 Å². The Morgan fingerprint density at radius 1 is 1.57 bits per heavy atom. The molecule has 0 unspecified atom stereocenters. The summed E-state index contributed by atoms with van der Waals surface area (Å²) in [6.45, 7) is 0. The minimum Gasteiger partial charge on any atom is -0.288 e. The number of nitrogens with zero attached hydrogens (tertiary/aromatic N) is 3. The number of halogens is 1. The number of hydrogen-bond donors (Lipinski definition) is 0. The standard InChI is InChI=1S/C9H6ClN3O/c10-8-3-1-2-7(6-8)4-5-9(14)12-13-11/h1-6H/b5-4+. The molecule has 1 aromatic carbocycles. The van der Waals surface area contributed by atoms with Crippen LogP contribution in [0.3, 0.4) is 0 Å². The van der Waals surface area contributed by atoms with Gasteiger partial charge in [0.15, 0.2) is 0 Å². The Bertz CT molecular complexity index is 422. The quantitative estimate of drug-likeness (QED) is 0.318. The van der Waals surface area contributed by atoms with Crippen molar-refractivity contribution in [2.75, 3.05) is 0 Å². The van der Waals surface area contributed by atoms with Gasteiger partial charge in [0.2, 0.25) is 5.91 Å². The molecule has 0 heterocycles. The first-order valence-corrected chi connectivity index (χ1v) is 4.13. The summed E-state index contributed by atoms with van der Waals surface area (Å²) in [4.78, 5) is 13.1. The van der Waals surface area contributed by atoms with Crippen LogP contribution in [0.15, 0.2) is 35.5 Å². The fourth-order valence-corrected chi connectivity index (χ4v) is 1.05. The summed E-state index contributed by atoms with van der Waals surface area (Å²) >= 11 is 5.72. The third-order valence-electron chi connectivity index (χ3n) is 1.41. The van der Waals surface area contributed by atoms with Crippen LogP contribution < -0.4 is 0 Å². The fraction of sp³-hybridized carbons (Fsp3) is 0. The Hall–Kier alpha value is -1.77. The highest BCUT2D eigenvalue weighted by atomic mass is 35.5. The zero-order valence-corrected chi connectivity index (χ0v) is 7.85. The van der Waals surface area contributed by atoms with Gasteiger partial charge in [-0.25, -0.2) is 0 Å². The SMILES string of the molecule is [N-]=[N+]=NC(=O)/C=C/c1cccc(Cl)c1. The number of rotatable bonds is 2. The smallest absolute Gasteiger partial charge is 0.242 e. The first-order valence-electron chi connectivity index (χ1n) is 3.75. The molecule has 4 nitrogen and oxygen atoms in total. The van der Waals surface area contributed by atoms with E-state index in [0.29, 0.717) is 5.02 Å². The van der Waals surface area contributed by atoms with E-state index in [-0.39, 0.29) is 0 Å². The lowest BCUT2D eigenvalue weighted by Crippen LogP contribution is -1.82. The molecule has 0 spiro atoms. The van der Waals surface area contributed by atoms with Gasteiger partial charge in [0, 0.05) is 9.93 Å². The van der Waals surface area contributed by atoms with Gasteiger partial charge in [-0.05, 0) is 34.4 Å². The van der Waals surface area contributed by atoms with E-state index in [1.807, 2.05) is 0 Å². The summed E-state index contributed by atoms with van der Waals surface area (Å²) in [5, 5.41) is 3.47. The molecule has 0 aliphatic heterocycles. The second kappa shape index (κ2) is 5.07. The number of carbonyl (C=O) groups excluding carboxylic acids is 1. The van der Waals surface area contributed by atoms with E-state index in [9.17, 15) is 4.79 Å². The Morgan fingerprint density at radius 3 is 3.00 bits per heavy atom. The van der Waals surface area contributed by atoms with Crippen LogP contribution in [0.5, 0.6) is 0 Å². The van der Waals surface area contributed by atoms with Gasteiger partial charge >= 0.3 is 0 Å². The van der Waals surface area contributed by atoms with Gasteiger partial charge < -0.3 is 0 Å². The molecule has 0 radical (unpaired) electrons. The summed E-state index contributed by atoms with van der Waals surface area (Å²) < 4.78 is 0. The van der Waals surface area contributed by atoms with Gasteiger partial charge in [-0.1, -0.05) is 29.8 Å². The predicted octanol–water partition coefficient (Wildman–Crippen LogP) is 3.19. The molecular formula is C9H6ClN3O. The van der Waals surface area contributed by atoms with Gasteiger partial charge in [0.1, 0.15) is 0 Å². The molecule has 0 aromatic heterocycles. The summed E-state index contributed by atoms with van der Waals surface area (Å²) in [7, 11) is 0. The van der Waals surface area contributed by atoms with Crippen molar-refractivity contribution in [3.05, 3.63) is 51.4 Å². The van der Waals surface area contributed by atoms with E-state index in [1.54, 1.807) is 24.3 Å². The average molecular weight is 208 g/mol. The maximum absolute atomic E-state index is 10.8. The van der Waals surface area contributed by atoms with Gasteiger partial charge in [-0.3, -0.25) is 4.79 Å². The van der Waals surface area contributed by atoms with Crippen LogP contribution in [-0.4, -0.2) is 5.91 Å². The van der Waals surface area contributed by atoms with E-state index < -0.39 is 5.91 Å². The lowest BCUT2D eigenvalue weighted by molar-refractivity contribution is -0.113. The number of benzene rings is 1. The zero-order chi connectivity index (χ0) is 10.4. The van der Waals surface area contributed by atoms with E-state index in [0.717, 1.165) is 5.56 Å². The van der Waals surface area contributed by atoms with Gasteiger partial charge in [-0.2, -0.15) is 0 Å².